The quantitative estimate of drug-likeness (QED) is 0.895. The summed E-state index contributed by atoms with van der Waals surface area (Å²) >= 11 is 0. The van der Waals surface area contributed by atoms with Crippen LogP contribution in [-0.2, 0) is 6.42 Å². The topological polar surface area (TPSA) is 61.0 Å². The van der Waals surface area contributed by atoms with E-state index in [9.17, 15) is 0 Å². The molecule has 0 radical (unpaired) electrons. The van der Waals surface area contributed by atoms with Crippen molar-refractivity contribution in [2.75, 3.05) is 6.61 Å². The van der Waals surface area contributed by atoms with E-state index in [1.165, 1.54) is 5.56 Å². The first-order chi connectivity index (χ1) is 9.24. The van der Waals surface area contributed by atoms with Gasteiger partial charge < -0.3 is 10.5 Å². The molecule has 0 aliphatic carbocycles. The van der Waals surface area contributed by atoms with E-state index in [4.69, 9.17) is 10.5 Å². The van der Waals surface area contributed by atoms with Crippen LogP contribution in [0, 0.1) is 0 Å². The molecule has 1 atom stereocenters. The standard InChI is InChI=1S/C15H17N3O/c1-10(16)15-17-7-6-13(18-15)11-4-5-14-12(9-11)3-2-8-19-14/h4-7,9-10H,2-3,8,16H2,1H3. The highest BCUT2D eigenvalue weighted by Gasteiger charge is 2.12. The molecular weight excluding hydrogens is 238 g/mol. The molecule has 19 heavy (non-hydrogen) atoms. The zero-order chi connectivity index (χ0) is 13.2. The number of hydrogen-bond donors (Lipinski definition) is 1. The van der Waals surface area contributed by atoms with Gasteiger partial charge in [-0.05, 0) is 49.6 Å². The summed E-state index contributed by atoms with van der Waals surface area (Å²) in [6, 6.07) is 7.98. The third kappa shape index (κ3) is 2.44. The summed E-state index contributed by atoms with van der Waals surface area (Å²) in [7, 11) is 0. The number of nitrogens with zero attached hydrogens (tertiary/aromatic N) is 2. The van der Waals surface area contributed by atoms with E-state index >= 15 is 0 Å². The Hall–Kier alpha value is -1.94. The third-order valence-corrected chi connectivity index (χ3v) is 3.29. The van der Waals surface area contributed by atoms with Crippen LogP contribution >= 0.6 is 0 Å². The first kappa shape index (κ1) is 12.1. The minimum absolute atomic E-state index is 0.152. The molecule has 1 aromatic heterocycles. The van der Waals surface area contributed by atoms with Crippen molar-refractivity contribution in [1.29, 1.82) is 0 Å². The summed E-state index contributed by atoms with van der Waals surface area (Å²) in [4.78, 5) is 8.71. The van der Waals surface area contributed by atoms with Crippen LogP contribution in [0.2, 0.25) is 0 Å². The van der Waals surface area contributed by atoms with Crippen LogP contribution in [0.1, 0.15) is 30.8 Å². The Labute approximate surface area is 112 Å². The third-order valence-electron chi connectivity index (χ3n) is 3.29. The second-order valence-corrected chi connectivity index (χ2v) is 4.86. The number of benzene rings is 1. The van der Waals surface area contributed by atoms with Crippen LogP contribution in [0.5, 0.6) is 5.75 Å². The average molecular weight is 255 g/mol. The highest BCUT2D eigenvalue weighted by molar-refractivity contribution is 5.62. The van der Waals surface area contributed by atoms with Crippen LogP contribution in [0.25, 0.3) is 11.3 Å². The number of fused-ring (bicyclic) bond motifs is 1. The van der Waals surface area contributed by atoms with Gasteiger partial charge in [-0.15, -0.1) is 0 Å². The van der Waals surface area contributed by atoms with Crippen molar-refractivity contribution >= 4 is 0 Å². The van der Waals surface area contributed by atoms with Crippen molar-refractivity contribution in [2.45, 2.75) is 25.8 Å². The smallest absolute Gasteiger partial charge is 0.145 e. The number of ether oxygens (including phenoxy) is 1. The van der Waals surface area contributed by atoms with E-state index in [-0.39, 0.29) is 6.04 Å². The lowest BCUT2D eigenvalue weighted by atomic mass is 10.0. The molecule has 0 bridgehead atoms. The van der Waals surface area contributed by atoms with Gasteiger partial charge in [0, 0.05) is 11.8 Å². The minimum Gasteiger partial charge on any atom is -0.493 e. The summed E-state index contributed by atoms with van der Waals surface area (Å²) < 4.78 is 5.62. The fourth-order valence-corrected chi connectivity index (χ4v) is 2.27. The Balaban J connectivity index is 2.00. The molecule has 2 heterocycles. The molecule has 2 N–H and O–H groups in total. The minimum atomic E-state index is -0.152. The van der Waals surface area contributed by atoms with Crippen molar-refractivity contribution < 1.29 is 4.74 Å². The fraction of sp³-hybridized carbons (Fsp3) is 0.333. The maximum Gasteiger partial charge on any atom is 0.145 e. The number of nitrogens with two attached hydrogens (primary N) is 1. The molecule has 0 fully saturated rings. The summed E-state index contributed by atoms with van der Waals surface area (Å²) in [5, 5.41) is 0. The Kier molecular flexibility index (Phi) is 3.17. The van der Waals surface area contributed by atoms with Crippen molar-refractivity contribution in [2.24, 2.45) is 5.73 Å². The molecule has 0 saturated carbocycles. The Morgan fingerprint density at radius 2 is 2.21 bits per heavy atom. The highest BCUT2D eigenvalue weighted by Crippen LogP contribution is 2.29. The number of aromatic nitrogens is 2. The molecule has 1 unspecified atom stereocenters. The van der Waals surface area contributed by atoms with Gasteiger partial charge in [0.15, 0.2) is 0 Å². The lowest BCUT2D eigenvalue weighted by molar-refractivity contribution is 0.288. The highest BCUT2D eigenvalue weighted by atomic mass is 16.5. The zero-order valence-corrected chi connectivity index (χ0v) is 11.0. The lowest BCUT2D eigenvalue weighted by Gasteiger charge is -2.17. The molecule has 3 rings (SSSR count). The van der Waals surface area contributed by atoms with Gasteiger partial charge in [0.05, 0.1) is 18.3 Å². The summed E-state index contributed by atoms with van der Waals surface area (Å²) in [6.45, 7) is 2.70. The van der Waals surface area contributed by atoms with Gasteiger partial charge in [0.1, 0.15) is 11.6 Å². The van der Waals surface area contributed by atoms with Gasteiger partial charge in [-0.2, -0.15) is 0 Å². The van der Waals surface area contributed by atoms with Crippen LogP contribution in [0.3, 0.4) is 0 Å². The molecule has 98 valence electrons. The molecule has 4 heteroatoms. The van der Waals surface area contributed by atoms with Crippen LogP contribution in [-0.4, -0.2) is 16.6 Å². The molecule has 1 aromatic carbocycles. The maximum absolute atomic E-state index is 5.83. The zero-order valence-electron chi connectivity index (χ0n) is 11.0. The van der Waals surface area contributed by atoms with Crippen molar-refractivity contribution in [3.05, 3.63) is 41.9 Å². The van der Waals surface area contributed by atoms with Crippen molar-refractivity contribution in [3.8, 4) is 17.0 Å². The predicted molar refractivity (Wildman–Crippen MR) is 73.9 cm³/mol. The summed E-state index contributed by atoms with van der Waals surface area (Å²) in [5.74, 6) is 1.67. The van der Waals surface area contributed by atoms with Gasteiger partial charge in [0.25, 0.3) is 0 Å². The van der Waals surface area contributed by atoms with Gasteiger partial charge in [0.2, 0.25) is 0 Å². The maximum atomic E-state index is 5.83. The van der Waals surface area contributed by atoms with Crippen molar-refractivity contribution in [3.63, 3.8) is 0 Å². The molecule has 1 aliphatic rings. The normalized spacial score (nSPS) is 15.5. The van der Waals surface area contributed by atoms with Crippen LogP contribution in [0.15, 0.2) is 30.5 Å². The second-order valence-electron chi connectivity index (χ2n) is 4.86. The molecule has 2 aromatic rings. The van der Waals surface area contributed by atoms with Gasteiger partial charge >= 0.3 is 0 Å². The van der Waals surface area contributed by atoms with Crippen molar-refractivity contribution in [1.82, 2.24) is 9.97 Å². The first-order valence-electron chi connectivity index (χ1n) is 6.58. The molecule has 0 spiro atoms. The van der Waals surface area contributed by atoms with Gasteiger partial charge in [-0.1, -0.05) is 0 Å². The number of aryl methyl sites for hydroxylation is 1. The summed E-state index contributed by atoms with van der Waals surface area (Å²) in [6.07, 6.45) is 3.90. The SMILES string of the molecule is CC(N)c1nccc(-c2ccc3c(c2)CCCO3)n1. The largest absolute Gasteiger partial charge is 0.493 e. The number of hydrogen-bond acceptors (Lipinski definition) is 4. The first-order valence-corrected chi connectivity index (χ1v) is 6.58. The fourth-order valence-electron chi connectivity index (χ4n) is 2.27. The summed E-state index contributed by atoms with van der Waals surface area (Å²) in [5.41, 5.74) is 9.08. The van der Waals surface area contributed by atoms with E-state index in [1.807, 2.05) is 25.1 Å². The van der Waals surface area contributed by atoms with Gasteiger partial charge in [-0.25, -0.2) is 9.97 Å². The lowest BCUT2D eigenvalue weighted by Crippen LogP contribution is -2.10. The molecule has 0 amide bonds. The van der Waals surface area contributed by atoms with E-state index < -0.39 is 0 Å². The Morgan fingerprint density at radius 3 is 3.05 bits per heavy atom. The van der Waals surface area contributed by atoms with Gasteiger partial charge in [-0.3, -0.25) is 0 Å². The van der Waals surface area contributed by atoms with E-state index in [1.54, 1.807) is 6.20 Å². The van der Waals surface area contributed by atoms with Crippen LogP contribution < -0.4 is 10.5 Å². The monoisotopic (exact) mass is 255 g/mol. The predicted octanol–water partition coefficient (Wildman–Crippen LogP) is 2.49. The molecular formula is C15H17N3O. The Morgan fingerprint density at radius 1 is 1.32 bits per heavy atom. The van der Waals surface area contributed by atoms with E-state index in [0.29, 0.717) is 5.82 Å². The molecule has 1 aliphatic heterocycles. The van der Waals surface area contributed by atoms with E-state index in [0.717, 1.165) is 36.5 Å². The molecule has 4 nitrogen and oxygen atoms in total. The van der Waals surface area contributed by atoms with E-state index in [2.05, 4.69) is 16.0 Å². The Bertz CT molecular complexity index is 596. The second kappa shape index (κ2) is 4.97. The number of rotatable bonds is 2. The average Bonchev–Trinajstić information content (AvgIpc) is 2.47. The molecule has 0 saturated heterocycles. The van der Waals surface area contributed by atoms with Crippen LogP contribution in [0.4, 0.5) is 0 Å².